The number of anilines is 1. The lowest BCUT2D eigenvalue weighted by atomic mass is 9.53. The number of nitrogens with one attached hydrogen (secondary N) is 1. The van der Waals surface area contributed by atoms with Crippen molar-refractivity contribution in [2.75, 3.05) is 18.6 Å². The van der Waals surface area contributed by atoms with Crippen LogP contribution >= 0.6 is 0 Å². The molecule has 11 heteroatoms. The first-order valence-corrected chi connectivity index (χ1v) is 16.7. The molecule has 2 fully saturated rings. The fourth-order valence-corrected chi connectivity index (χ4v) is 8.16. The monoisotopic (exact) mass is 669 g/mol. The number of hydrazine groups is 1. The maximum Gasteiger partial charge on any atom is 0.352 e. The first kappa shape index (κ1) is 31.3. The first-order chi connectivity index (χ1) is 24.4. The van der Waals surface area contributed by atoms with Gasteiger partial charge in [-0.2, -0.15) is 5.01 Å². The number of allylic oxidation sites excluding steroid dienone is 2. The van der Waals surface area contributed by atoms with Crippen LogP contribution in [0.2, 0.25) is 0 Å². The van der Waals surface area contributed by atoms with E-state index in [0.29, 0.717) is 28.3 Å². The zero-order chi connectivity index (χ0) is 34.6. The molecule has 1 aromatic heterocycles. The van der Waals surface area contributed by atoms with E-state index in [2.05, 4.69) is 5.43 Å². The quantitative estimate of drug-likeness (QED) is 0.188. The lowest BCUT2D eigenvalue weighted by Crippen LogP contribution is -2.53. The Labute approximate surface area is 287 Å². The molecular formula is C39H35N5O6. The van der Waals surface area contributed by atoms with Crippen molar-refractivity contribution in [2.45, 2.75) is 37.3 Å². The summed E-state index contributed by atoms with van der Waals surface area (Å²) in [6, 6.07) is 32.1. The van der Waals surface area contributed by atoms with Crippen LogP contribution in [0.5, 0.6) is 5.75 Å². The normalized spacial score (nSPS) is 22.4. The van der Waals surface area contributed by atoms with Crippen molar-refractivity contribution in [1.29, 1.82) is 0 Å². The van der Waals surface area contributed by atoms with Crippen molar-refractivity contribution in [3.05, 3.63) is 159 Å². The summed E-state index contributed by atoms with van der Waals surface area (Å²) in [5, 5.41) is 10.8. The molecule has 4 atom stereocenters. The number of amides is 2. The number of para-hydroxylation sites is 2. The molecule has 4 unspecified atom stereocenters. The van der Waals surface area contributed by atoms with Crippen LogP contribution in [0.25, 0.3) is 5.69 Å². The highest BCUT2D eigenvalue weighted by Crippen LogP contribution is 2.62. The predicted molar refractivity (Wildman–Crippen MR) is 186 cm³/mol. The fourth-order valence-electron chi connectivity index (χ4n) is 8.16. The van der Waals surface area contributed by atoms with E-state index in [1.807, 2.05) is 91.9 Å². The highest BCUT2D eigenvalue weighted by molar-refractivity contribution is 6.12. The maximum absolute atomic E-state index is 15.3. The third kappa shape index (κ3) is 4.61. The van der Waals surface area contributed by atoms with E-state index in [1.165, 1.54) is 9.36 Å². The first-order valence-electron chi connectivity index (χ1n) is 16.7. The third-order valence-corrected chi connectivity index (χ3v) is 10.2. The molecule has 5 aromatic rings. The highest BCUT2D eigenvalue weighted by atomic mass is 16.5. The van der Waals surface area contributed by atoms with E-state index in [9.17, 15) is 19.5 Å². The molecule has 252 valence electrons. The molecule has 8 rings (SSSR count). The van der Waals surface area contributed by atoms with Crippen LogP contribution in [0.1, 0.15) is 35.1 Å². The van der Waals surface area contributed by atoms with Gasteiger partial charge in [0.05, 0.1) is 41.9 Å². The van der Waals surface area contributed by atoms with Gasteiger partial charge in [-0.15, -0.1) is 0 Å². The standard InChI is InChI=1S/C39H35N5O6/c1-25-16-18-27(19-17-25)40-43-35(46)31-24-32-29(20-21-41-37(48)42(38(49)44(32)41)28-12-6-3-7-13-28)34(30-14-8-9-15-33(30)50-23-22-45)39(31,36(43)47)26-10-4-2-5-11-26/h2-20,31-32,34,40,45H,21-24H2,1H3. The molecule has 4 aromatic carbocycles. The molecule has 3 aliphatic rings. The molecule has 3 heterocycles. The van der Waals surface area contributed by atoms with Gasteiger partial charge in [-0.1, -0.05) is 90.5 Å². The molecule has 0 radical (unpaired) electrons. The van der Waals surface area contributed by atoms with Crippen molar-refractivity contribution < 1.29 is 19.4 Å². The summed E-state index contributed by atoms with van der Waals surface area (Å²) in [6.07, 6.45) is 2.01. The summed E-state index contributed by atoms with van der Waals surface area (Å²) in [5.74, 6) is -2.16. The smallest absolute Gasteiger partial charge is 0.352 e. The van der Waals surface area contributed by atoms with Crippen LogP contribution in [0.4, 0.5) is 5.69 Å². The molecule has 2 N–H and O–H groups in total. The number of imide groups is 1. The topological polar surface area (TPSA) is 128 Å². The minimum Gasteiger partial charge on any atom is -0.491 e. The molecule has 1 saturated carbocycles. The van der Waals surface area contributed by atoms with Crippen molar-refractivity contribution in [3.63, 3.8) is 0 Å². The number of ether oxygens (including phenoxy) is 1. The number of fused-ring (bicyclic) bond motifs is 4. The number of carbonyl (C=O) groups is 2. The molecular weight excluding hydrogens is 634 g/mol. The van der Waals surface area contributed by atoms with Gasteiger partial charge < -0.3 is 9.84 Å². The van der Waals surface area contributed by atoms with E-state index >= 15 is 4.79 Å². The number of hydrogen-bond acceptors (Lipinski definition) is 7. The summed E-state index contributed by atoms with van der Waals surface area (Å²) in [6.45, 7) is 1.83. The van der Waals surface area contributed by atoms with Crippen molar-refractivity contribution in [2.24, 2.45) is 5.92 Å². The molecule has 0 spiro atoms. The Morgan fingerprint density at radius 2 is 1.52 bits per heavy atom. The Morgan fingerprint density at radius 1 is 0.840 bits per heavy atom. The Hall–Kier alpha value is -5.94. The van der Waals surface area contributed by atoms with Crippen LogP contribution < -0.4 is 21.5 Å². The van der Waals surface area contributed by atoms with E-state index in [4.69, 9.17) is 4.74 Å². The predicted octanol–water partition coefficient (Wildman–Crippen LogP) is 4.10. The number of aryl methyl sites for hydroxylation is 1. The molecule has 2 amide bonds. The number of hydrogen-bond donors (Lipinski definition) is 2. The van der Waals surface area contributed by atoms with Crippen LogP contribution in [-0.2, 0) is 21.5 Å². The van der Waals surface area contributed by atoms with Gasteiger partial charge in [0.2, 0.25) is 0 Å². The van der Waals surface area contributed by atoms with E-state index in [-0.39, 0.29) is 26.2 Å². The summed E-state index contributed by atoms with van der Waals surface area (Å²) in [7, 11) is 0. The summed E-state index contributed by atoms with van der Waals surface area (Å²) in [5.41, 5.74) is 4.69. The van der Waals surface area contributed by atoms with Crippen molar-refractivity contribution >= 4 is 17.5 Å². The number of aliphatic hydroxyl groups excluding tert-OH is 1. The minimum absolute atomic E-state index is 0.0148. The number of aliphatic hydroxyl groups is 1. The van der Waals surface area contributed by atoms with Gasteiger partial charge in [0.15, 0.2) is 0 Å². The molecule has 0 bridgehead atoms. The minimum atomic E-state index is -1.45. The van der Waals surface area contributed by atoms with Crippen LogP contribution in [0, 0.1) is 12.8 Å². The average molecular weight is 670 g/mol. The van der Waals surface area contributed by atoms with Crippen LogP contribution in [-0.4, -0.2) is 49.1 Å². The second-order valence-electron chi connectivity index (χ2n) is 12.9. The second kappa shape index (κ2) is 12.2. The van der Waals surface area contributed by atoms with Crippen molar-refractivity contribution in [3.8, 4) is 11.4 Å². The number of nitrogens with zero attached hydrogens (tertiary/aromatic N) is 4. The SMILES string of the molecule is Cc1ccc(NN2C(=O)C3CC4C(=CCn5c(=O)n(-c6ccccc6)c(=O)n54)C(c4ccccc4OCCO)C3(c3ccccc3)C2=O)cc1. The van der Waals surface area contributed by atoms with Crippen LogP contribution in [0.3, 0.4) is 0 Å². The summed E-state index contributed by atoms with van der Waals surface area (Å²) < 4.78 is 10.1. The van der Waals surface area contributed by atoms with Gasteiger partial charge in [0.25, 0.3) is 11.8 Å². The van der Waals surface area contributed by atoms with Gasteiger partial charge in [-0.05, 0) is 54.8 Å². The zero-order valence-corrected chi connectivity index (χ0v) is 27.3. The Morgan fingerprint density at radius 3 is 2.24 bits per heavy atom. The number of aromatic nitrogens is 3. The van der Waals surface area contributed by atoms with E-state index in [0.717, 1.165) is 20.7 Å². The Balaban J connectivity index is 1.38. The Bertz CT molecular complexity index is 2260. The van der Waals surface area contributed by atoms with Gasteiger partial charge in [-0.3, -0.25) is 15.0 Å². The number of carbonyl (C=O) groups excluding carboxylic acids is 2. The van der Waals surface area contributed by atoms with Gasteiger partial charge >= 0.3 is 11.4 Å². The molecule has 1 aliphatic carbocycles. The lowest BCUT2D eigenvalue weighted by molar-refractivity contribution is -0.138. The highest BCUT2D eigenvalue weighted by Gasteiger charge is 2.69. The molecule has 50 heavy (non-hydrogen) atoms. The van der Waals surface area contributed by atoms with Crippen LogP contribution in [0.15, 0.2) is 130 Å². The average Bonchev–Trinajstić information content (AvgIpc) is 3.53. The zero-order valence-electron chi connectivity index (χ0n) is 27.3. The van der Waals surface area contributed by atoms with Gasteiger partial charge in [0.1, 0.15) is 12.4 Å². The van der Waals surface area contributed by atoms with Gasteiger partial charge in [0, 0.05) is 11.5 Å². The second-order valence-corrected chi connectivity index (χ2v) is 12.9. The van der Waals surface area contributed by atoms with E-state index in [1.54, 1.807) is 30.3 Å². The summed E-state index contributed by atoms with van der Waals surface area (Å²) in [4.78, 5) is 58.2. The summed E-state index contributed by atoms with van der Waals surface area (Å²) >= 11 is 0. The fraction of sp³-hybridized carbons (Fsp3) is 0.231. The third-order valence-electron chi connectivity index (χ3n) is 10.2. The largest absolute Gasteiger partial charge is 0.491 e. The van der Waals surface area contributed by atoms with Crippen molar-refractivity contribution in [1.82, 2.24) is 18.9 Å². The van der Waals surface area contributed by atoms with E-state index < -0.39 is 46.5 Å². The molecule has 1 saturated heterocycles. The maximum atomic E-state index is 15.3. The molecule has 11 nitrogen and oxygen atoms in total. The lowest BCUT2D eigenvalue weighted by Gasteiger charge is -2.49. The Kier molecular flexibility index (Phi) is 7.64. The number of rotatable bonds is 8. The molecule has 2 aliphatic heterocycles. The van der Waals surface area contributed by atoms with Gasteiger partial charge in [-0.25, -0.2) is 23.5 Å². The number of benzene rings is 4.